The molecule has 0 saturated heterocycles. The molecule has 2 atom stereocenters. The molecule has 0 aliphatic heterocycles. The average molecular weight is 228 g/mol. The Balaban J connectivity index is 2.53. The number of hydrogen-bond donors (Lipinski definition) is 3. The van der Waals surface area contributed by atoms with Crippen LogP contribution in [-0.2, 0) is 0 Å². The lowest BCUT2D eigenvalue weighted by Crippen LogP contribution is -2.52. The number of likely N-dealkylation sites (N-methyl/N-ethyl adjacent to an activating group) is 1. The molecule has 0 spiro atoms. The van der Waals surface area contributed by atoms with Crippen molar-refractivity contribution in [3.05, 3.63) is 0 Å². The molecule has 3 N–H and O–H groups in total. The predicted molar refractivity (Wildman–Crippen MR) is 64.7 cm³/mol. The van der Waals surface area contributed by atoms with E-state index in [-0.39, 0.29) is 12.1 Å². The quantitative estimate of drug-likeness (QED) is 0.676. The molecular weight excluding hydrogens is 204 g/mol. The third-order valence-electron chi connectivity index (χ3n) is 3.49. The van der Waals surface area contributed by atoms with Gasteiger partial charge in [-0.25, -0.2) is 4.79 Å². The van der Waals surface area contributed by atoms with Crippen LogP contribution >= 0.6 is 0 Å². The highest BCUT2D eigenvalue weighted by molar-refractivity contribution is 5.64. The summed E-state index contributed by atoms with van der Waals surface area (Å²) < 4.78 is 0. The Hall–Kier alpha value is -0.770. The van der Waals surface area contributed by atoms with Crippen molar-refractivity contribution < 1.29 is 9.90 Å². The van der Waals surface area contributed by atoms with Crippen LogP contribution in [0.5, 0.6) is 0 Å². The van der Waals surface area contributed by atoms with Gasteiger partial charge in [-0.15, -0.1) is 0 Å². The van der Waals surface area contributed by atoms with E-state index in [9.17, 15) is 4.79 Å². The number of nitrogens with one attached hydrogen (secondary N) is 2. The Bertz CT molecular complexity index is 215. The zero-order valence-electron chi connectivity index (χ0n) is 10.3. The van der Waals surface area contributed by atoms with Crippen LogP contribution in [0.25, 0.3) is 0 Å². The fourth-order valence-electron chi connectivity index (χ4n) is 2.77. The average Bonchev–Trinajstić information content (AvgIpc) is 2.26. The van der Waals surface area contributed by atoms with Crippen molar-refractivity contribution in [2.24, 2.45) is 5.92 Å². The van der Waals surface area contributed by atoms with Gasteiger partial charge in [-0.3, -0.25) is 0 Å². The van der Waals surface area contributed by atoms with Crippen LogP contribution in [0.2, 0.25) is 0 Å². The van der Waals surface area contributed by atoms with Crippen LogP contribution in [0.4, 0.5) is 4.79 Å². The molecule has 4 heteroatoms. The summed E-state index contributed by atoms with van der Waals surface area (Å²) in [6.07, 6.45) is 5.42. The topological polar surface area (TPSA) is 61.4 Å². The zero-order valence-corrected chi connectivity index (χ0v) is 10.3. The first-order chi connectivity index (χ1) is 7.65. The molecule has 0 heterocycles. The lowest BCUT2D eigenvalue weighted by atomic mass is 9.81. The van der Waals surface area contributed by atoms with E-state index in [1.807, 2.05) is 6.92 Å². The van der Waals surface area contributed by atoms with Crippen molar-refractivity contribution >= 4 is 6.09 Å². The van der Waals surface area contributed by atoms with Gasteiger partial charge in [-0.2, -0.15) is 0 Å². The van der Waals surface area contributed by atoms with Crippen molar-refractivity contribution in [2.75, 3.05) is 6.54 Å². The van der Waals surface area contributed by atoms with Gasteiger partial charge >= 0.3 is 6.09 Å². The molecule has 1 amide bonds. The highest BCUT2D eigenvalue weighted by Crippen LogP contribution is 2.27. The van der Waals surface area contributed by atoms with Crippen molar-refractivity contribution in [2.45, 2.75) is 58.0 Å². The summed E-state index contributed by atoms with van der Waals surface area (Å²) in [5.41, 5.74) is 0. The number of carboxylic acid groups (broad SMARTS) is 1. The minimum atomic E-state index is -0.925. The summed E-state index contributed by atoms with van der Waals surface area (Å²) in [5.74, 6) is 0.621. The summed E-state index contributed by atoms with van der Waals surface area (Å²) in [6.45, 7) is 4.92. The SMILES string of the molecule is CCNC(C1CCCCC1)C(C)NC(=O)O. The van der Waals surface area contributed by atoms with Crippen molar-refractivity contribution in [1.29, 1.82) is 0 Å². The van der Waals surface area contributed by atoms with Crippen molar-refractivity contribution in [3.8, 4) is 0 Å². The molecule has 1 aliphatic carbocycles. The number of hydrogen-bond acceptors (Lipinski definition) is 2. The normalized spacial score (nSPS) is 21.4. The van der Waals surface area contributed by atoms with Crippen LogP contribution in [-0.4, -0.2) is 29.8 Å². The standard InChI is InChI=1S/C12H24N2O2/c1-3-13-11(9(2)14-12(15)16)10-7-5-4-6-8-10/h9-11,13-14H,3-8H2,1-2H3,(H,15,16). The second-order valence-electron chi connectivity index (χ2n) is 4.72. The van der Waals surface area contributed by atoms with Crippen molar-refractivity contribution in [3.63, 3.8) is 0 Å². The number of rotatable bonds is 5. The highest BCUT2D eigenvalue weighted by Gasteiger charge is 2.28. The van der Waals surface area contributed by atoms with E-state index in [2.05, 4.69) is 17.6 Å². The van der Waals surface area contributed by atoms with Gasteiger partial charge in [0.15, 0.2) is 0 Å². The predicted octanol–water partition coefficient (Wildman–Crippen LogP) is 2.20. The maximum absolute atomic E-state index is 10.7. The first-order valence-electron chi connectivity index (χ1n) is 6.38. The highest BCUT2D eigenvalue weighted by atomic mass is 16.4. The molecule has 1 saturated carbocycles. The molecule has 0 aromatic rings. The molecule has 94 valence electrons. The van der Waals surface area contributed by atoms with Gasteiger partial charge in [-0.05, 0) is 32.2 Å². The Morgan fingerprint density at radius 2 is 2.00 bits per heavy atom. The first-order valence-corrected chi connectivity index (χ1v) is 6.38. The maximum atomic E-state index is 10.7. The summed E-state index contributed by atoms with van der Waals surface area (Å²) in [5, 5.41) is 14.8. The van der Waals surface area contributed by atoms with Gasteiger partial charge in [0.05, 0.1) is 0 Å². The second-order valence-corrected chi connectivity index (χ2v) is 4.72. The summed E-state index contributed by atoms with van der Waals surface area (Å²) in [4.78, 5) is 10.7. The van der Waals surface area contributed by atoms with Crippen LogP contribution in [0.15, 0.2) is 0 Å². The fourth-order valence-corrected chi connectivity index (χ4v) is 2.77. The number of carbonyl (C=O) groups is 1. The molecule has 0 aromatic carbocycles. The van der Waals surface area contributed by atoms with E-state index < -0.39 is 6.09 Å². The molecule has 16 heavy (non-hydrogen) atoms. The molecule has 1 fully saturated rings. The molecule has 0 aromatic heterocycles. The molecule has 1 aliphatic rings. The van der Waals surface area contributed by atoms with E-state index in [0.29, 0.717) is 5.92 Å². The molecule has 0 radical (unpaired) electrons. The summed E-state index contributed by atoms with van der Waals surface area (Å²) in [7, 11) is 0. The van der Waals surface area contributed by atoms with Gasteiger partial charge in [0.2, 0.25) is 0 Å². The monoisotopic (exact) mass is 228 g/mol. The summed E-state index contributed by atoms with van der Waals surface area (Å²) in [6, 6.07) is 0.266. The third-order valence-corrected chi connectivity index (χ3v) is 3.49. The Labute approximate surface area is 97.8 Å². The van der Waals surface area contributed by atoms with Gasteiger partial charge < -0.3 is 15.7 Å². The Kier molecular flexibility index (Phi) is 5.60. The minimum absolute atomic E-state index is 0.0134. The van der Waals surface area contributed by atoms with Crippen LogP contribution in [0, 0.1) is 5.92 Å². The van der Waals surface area contributed by atoms with Crippen LogP contribution in [0.1, 0.15) is 46.0 Å². The first kappa shape index (κ1) is 13.3. The minimum Gasteiger partial charge on any atom is -0.465 e. The number of amides is 1. The van der Waals surface area contributed by atoms with E-state index in [4.69, 9.17) is 5.11 Å². The van der Waals surface area contributed by atoms with E-state index in [1.165, 1.54) is 32.1 Å². The fraction of sp³-hybridized carbons (Fsp3) is 0.917. The lowest BCUT2D eigenvalue weighted by Gasteiger charge is -2.34. The molecule has 2 unspecified atom stereocenters. The molecule has 0 bridgehead atoms. The third kappa shape index (κ3) is 4.00. The van der Waals surface area contributed by atoms with Gasteiger partial charge in [0.1, 0.15) is 0 Å². The molecular formula is C12H24N2O2. The van der Waals surface area contributed by atoms with E-state index in [1.54, 1.807) is 0 Å². The molecule has 4 nitrogen and oxygen atoms in total. The lowest BCUT2D eigenvalue weighted by molar-refractivity contribution is 0.177. The van der Waals surface area contributed by atoms with Gasteiger partial charge in [0, 0.05) is 12.1 Å². The van der Waals surface area contributed by atoms with E-state index >= 15 is 0 Å². The Morgan fingerprint density at radius 3 is 2.50 bits per heavy atom. The van der Waals surface area contributed by atoms with Gasteiger partial charge in [0.25, 0.3) is 0 Å². The van der Waals surface area contributed by atoms with Crippen molar-refractivity contribution in [1.82, 2.24) is 10.6 Å². The second kappa shape index (κ2) is 6.74. The van der Waals surface area contributed by atoms with E-state index in [0.717, 1.165) is 6.54 Å². The smallest absolute Gasteiger partial charge is 0.404 e. The van der Waals surface area contributed by atoms with Gasteiger partial charge in [-0.1, -0.05) is 26.2 Å². The largest absolute Gasteiger partial charge is 0.465 e. The zero-order chi connectivity index (χ0) is 12.0. The van der Waals surface area contributed by atoms with Crippen LogP contribution in [0.3, 0.4) is 0 Å². The Morgan fingerprint density at radius 1 is 1.38 bits per heavy atom. The maximum Gasteiger partial charge on any atom is 0.404 e. The molecule has 1 rings (SSSR count). The summed E-state index contributed by atoms with van der Waals surface area (Å²) >= 11 is 0. The van der Waals surface area contributed by atoms with Crippen LogP contribution < -0.4 is 10.6 Å².